The number of aliphatic hydroxyl groups excluding tert-OH is 1. The molecule has 2 fully saturated rings. The number of halogens is 1. The maximum Gasteiger partial charge on any atom is 0.246 e. The highest BCUT2D eigenvalue weighted by Crippen LogP contribution is 2.30. The van der Waals surface area contributed by atoms with Crippen molar-refractivity contribution < 1.29 is 67.3 Å². The van der Waals surface area contributed by atoms with Crippen molar-refractivity contribution >= 4 is 81.8 Å². The number of aromatic amines is 1. The van der Waals surface area contributed by atoms with Gasteiger partial charge in [-0.2, -0.15) is 0 Å². The molecule has 3 aromatic carbocycles. The van der Waals surface area contributed by atoms with Gasteiger partial charge in [-0.1, -0.05) is 92.7 Å². The van der Waals surface area contributed by atoms with Gasteiger partial charge in [-0.15, -0.1) is 0 Å². The van der Waals surface area contributed by atoms with Crippen LogP contribution < -0.4 is 59.3 Å². The van der Waals surface area contributed by atoms with Crippen LogP contribution in [-0.2, 0) is 72.0 Å². The number of aliphatic hydroxyl groups is 2. The lowest BCUT2D eigenvalue weighted by Crippen LogP contribution is -2.66. The molecule has 1 aromatic heterocycles. The number of hydrogen-bond acceptors (Lipinski definition) is 14. The summed E-state index contributed by atoms with van der Waals surface area (Å²) in [6, 6.07) is 10.8. The van der Waals surface area contributed by atoms with E-state index in [1.807, 2.05) is 24.3 Å². The average molecular weight is 1250 g/mol. The number of fused-ring (bicyclic) bond motifs is 1. The molecule has 2 saturated heterocycles. The van der Waals surface area contributed by atoms with E-state index in [4.69, 9.17) is 16.9 Å². The summed E-state index contributed by atoms with van der Waals surface area (Å²) in [7, 11) is 1.55. The zero-order valence-electron chi connectivity index (χ0n) is 50.8. The van der Waals surface area contributed by atoms with Crippen LogP contribution in [0.4, 0.5) is 4.39 Å². The zero-order chi connectivity index (χ0) is 66.0. The SMILES string of the molecule is CNC(=N)NCCC[C@H](NC(=O)[C@H](CC(C)C)NC(=O)[C@@H]1CCN1C(=O)[C@H](Cc1ccccc1)NC(=O)[C@@H](NC(=O)[C@H](CC(N)=O)NC(=O)[C@@H]1C[C@](O)(F)CN1C(=O)[C@H](Cc1ccccc1)NC(C)=O)[C@@H](C)O)C(=O)N[C@@H](Cc1c[nH]c2ccccc12)C(N)=O. The number of benzene rings is 3. The predicted octanol–water partition coefficient (Wildman–Crippen LogP) is -2.22. The third kappa shape index (κ3) is 19.7. The molecule has 0 spiro atoms. The van der Waals surface area contributed by atoms with Gasteiger partial charge in [0.15, 0.2) is 5.96 Å². The van der Waals surface area contributed by atoms with E-state index >= 15 is 4.39 Å². The summed E-state index contributed by atoms with van der Waals surface area (Å²) in [6.45, 7) is 5.08. The number of nitrogens with one attached hydrogen (secondary N) is 11. The van der Waals surface area contributed by atoms with E-state index in [2.05, 4.69) is 52.8 Å². The molecule has 0 radical (unpaired) electrons. The highest BCUT2D eigenvalue weighted by atomic mass is 19.2. The molecule has 0 bridgehead atoms. The number of carbonyl (C=O) groups excluding carboxylic acids is 11. The maximum absolute atomic E-state index is 15.4. The van der Waals surface area contributed by atoms with Crippen molar-refractivity contribution in [1.82, 2.24) is 62.6 Å². The van der Waals surface area contributed by atoms with Crippen LogP contribution in [0, 0.1) is 11.3 Å². The summed E-state index contributed by atoms with van der Waals surface area (Å²) >= 11 is 0. The average Bonchev–Trinajstić information content (AvgIpc) is 1.44. The van der Waals surface area contributed by atoms with Crippen LogP contribution in [0.2, 0.25) is 0 Å². The number of hydrogen-bond donors (Lipinski definition) is 15. The first-order chi connectivity index (χ1) is 42.6. The van der Waals surface area contributed by atoms with Crippen molar-refractivity contribution in [3.63, 3.8) is 0 Å². The molecule has 29 heteroatoms. The van der Waals surface area contributed by atoms with Gasteiger partial charge in [-0.25, -0.2) is 4.39 Å². The highest BCUT2D eigenvalue weighted by Gasteiger charge is 2.51. The summed E-state index contributed by atoms with van der Waals surface area (Å²) in [5.74, 6) is -13.5. The first-order valence-corrected chi connectivity index (χ1v) is 29.6. The van der Waals surface area contributed by atoms with Crippen LogP contribution in [0.3, 0.4) is 0 Å². The van der Waals surface area contributed by atoms with E-state index in [1.54, 1.807) is 87.8 Å². The van der Waals surface area contributed by atoms with Crippen molar-refractivity contribution in [1.29, 1.82) is 5.41 Å². The monoisotopic (exact) mass is 1250 g/mol. The predicted molar refractivity (Wildman–Crippen MR) is 326 cm³/mol. The molecule has 2 aliphatic heterocycles. The molecule has 2 aliphatic rings. The molecule has 6 rings (SSSR count). The third-order valence-corrected chi connectivity index (χ3v) is 15.4. The Labute approximate surface area is 519 Å². The minimum atomic E-state index is -3.12. The lowest BCUT2D eigenvalue weighted by Gasteiger charge is -2.42. The molecule has 486 valence electrons. The van der Waals surface area contributed by atoms with E-state index in [1.165, 1.54) is 4.90 Å². The maximum atomic E-state index is 15.4. The number of guanidine groups is 1. The number of amides is 11. The van der Waals surface area contributed by atoms with Gasteiger partial charge in [-0.05, 0) is 61.3 Å². The summed E-state index contributed by atoms with van der Waals surface area (Å²) < 4.78 is 15.4. The lowest BCUT2D eigenvalue weighted by molar-refractivity contribution is -0.151. The smallest absolute Gasteiger partial charge is 0.246 e. The Morgan fingerprint density at radius 2 is 1.22 bits per heavy atom. The van der Waals surface area contributed by atoms with E-state index in [9.17, 15) is 63.0 Å². The van der Waals surface area contributed by atoms with E-state index in [0.717, 1.165) is 24.8 Å². The summed E-state index contributed by atoms with van der Waals surface area (Å²) in [4.78, 5) is 156. The number of nitrogens with two attached hydrogens (primary N) is 2. The normalized spacial score (nSPS) is 18.8. The van der Waals surface area contributed by atoms with Crippen molar-refractivity contribution in [3.05, 3.63) is 108 Å². The number of aromatic nitrogens is 1. The second-order valence-corrected chi connectivity index (χ2v) is 23.1. The van der Waals surface area contributed by atoms with E-state index in [0.29, 0.717) is 21.6 Å². The molecule has 0 saturated carbocycles. The number of likely N-dealkylation sites (tertiary alicyclic amines) is 2. The molecule has 11 atom stereocenters. The molecule has 0 unspecified atom stereocenters. The lowest BCUT2D eigenvalue weighted by atomic mass is 9.96. The van der Waals surface area contributed by atoms with Crippen molar-refractivity contribution in [3.8, 4) is 0 Å². The first kappa shape index (κ1) is 69.6. The van der Waals surface area contributed by atoms with Crippen LogP contribution >= 0.6 is 0 Å². The number of primary amides is 2. The van der Waals surface area contributed by atoms with E-state index < -0.39 is 151 Å². The highest BCUT2D eigenvalue weighted by molar-refractivity contribution is 6.00. The van der Waals surface area contributed by atoms with Gasteiger partial charge in [0, 0.05) is 69.8 Å². The second-order valence-electron chi connectivity index (χ2n) is 23.1. The Hall–Kier alpha value is -9.51. The summed E-state index contributed by atoms with van der Waals surface area (Å²) in [6.07, 6.45) is -1.75. The van der Waals surface area contributed by atoms with E-state index in [-0.39, 0.29) is 69.9 Å². The fraction of sp³-hybridized carbons (Fsp3) is 0.475. The minimum Gasteiger partial charge on any atom is -0.391 e. The molecule has 28 nitrogen and oxygen atoms in total. The van der Waals surface area contributed by atoms with Crippen LogP contribution in [0.15, 0.2) is 91.1 Å². The number of β-amino-alcohol motifs (C(OH)–C–C–N with tert-alkyl or cyclic N) is 1. The van der Waals surface area contributed by atoms with Crippen LogP contribution in [0.25, 0.3) is 10.9 Å². The number of carbonyl (C=O) groups is 11. The van der Waals surface area contributed by atoms with Gasteiger partial charge in [-0.3, -0.25) is 58.1 Å². The molecule has 4 aromatic rings. The molecule has 11 amide bonds. The molecule has 17 N–H and O–H groups in total. The van der Waals surface area contributed by atoms with Gasteiger partial charge in [0.25, 0.3) is 0 Å². The zero-order valence-corrected chi connectivity index (χ0v) is 50.8. The Kier molecular flexibility index (Phi) is 24.8. The van der Waals surface area contributed by atoms with Crippen molar-refractivity contribution in [2.45, 2.75) is 152 Å². The number of H-pyrrole nitrogens is 1. The summed E-state index contributed by atoms with van der Waals surface area (Å²) in [5.41, 5.74) is 13.9. The van der Waals surface area contributed by atoms with Crippen molar-refractivity contribution in [2.24, 2.45) is 17.4 Å². The molecule has 3 heterocycles. The largest absolute Gasteiger partial charge is 0.391 e. The number of rotatable bonds is 31. The Morgan fingerprint density at radius 3 is 1.79 bits per heavy atom. The van der Waals surface area contributed by atoms with Gasteiger partial charge in [0.2, 0.25) is 70.8 Å². The quantitative estimate of drug-likeness (QED) is 0.0144. The standard InChI is InChI=1S/C61H82FN15O13/c1-33(2)25-43(53(83)70-41(21-14-23-67-60(65)66-5)52(82)71-42(51(64)81)28-38-31-68-40-20-13-12-19-39(38)40)72-55(85)47-22-24-76(47)58(88)46(27-37-17-10-7-11-18-37)74-57(87)50(34(3)78)75-54(84)44(29-49(63)80)73-56(86)48-30-61(62,90)32-77(48)59(89)45(69-35(4)79)26-36-15-8-6-9-16-36/h6-13,15-20,31,33-34,41-48,50,68,78,90H,14,21-30,32H2,1-5H3,(H2,63,80)(H2,64,81)(H,69,79)(H,70,83)(H,71,82)(H,72,85)(H,73,86)(H,74,87)(H,75,84)(H3,65,66,67)/t34-,41+,42+,43+,44+,45+,46+,47+,48+,50+,61-/m1/s1. The number of nitrogens with zero attached hydrogens (tertiary/aromatic N) is 2. The van der Waals surface area contributed by atoms with Crippen LogP contribution in [0.5, 0.6) is 0 Å². The molecule has 90 heavy (non-hydrogen) atoms. The van der Waals surface area contributed by atoms with Gasteiger partial charge in [0.1, 0.15) is 54.4 Å². The van der Waals surface area contributed by atoms with Gasteiger partial charge in [0.05, 0.1) is 19.1 Å². The molecule has 0 aliphatic carbocycles. The molecular formula is C61H82FN15O13. The van der Waals surface area contributed by atoms with Gasteiger partial charge < -0.3 is 84.3 Å². The fourth-order valence-corrected chi connectivity index (χ4v) is 10.7. The Bertz CT molecular complexity index is 3240. The van der Waals surface area contributed by atoms with Gasteiger partial charge >= 0.3 is 0 Å². The Balaban J connectivity index is 1.16. The fourth-order valence-electron chi connectivity index (χ4n) is 10.7. The first-order valence-electron chi connectivity index (χ1n) is 29.6. The molecular weight excluding hydrogens is 1170 g/mol. The number of para-hydroxylation sites is 1. The van der Waals surface area contributed by atoms with Crippen molar-refractivity contribution in [2.75, 3.05) is 26.7 Å². The van der Waals surface area contributed by atoms with Crippen LogP contribution in [-0.4, -0.2) is 189 Å². The minimum absolute atomic E-state index is 0.00973. The Morgan fingerprint density at radius 1 is 0.678 bits per heavy atom. The summed E-state index contributed by atoms with van der Waals surface area (Å²) in [5, 5.41) is 53.5. The topological polar surface area (TPSA) is 435 Å². The van der Waals surface area contributed by atoms with Crippen LogP contribution in [0.1, 0.15) is 82.9 Å². The number of alkyl halides is 1. The third-order valence-electron chi connectivity index (χ3n) is 15.4. The second kappa shape index (κ2) is 32.1.